The van der Waals surface area contributed by atoms with Crippen LogP contribution >= 0.6 is 11.8 Å². The zero-order valence-electron chi connectivity index (χ0n) is 15.3. The molecule has 3 N–H and O–H groups in total. The van der Waals surface area contributed by atoms with Crippen molar-refractivity contribution in [2.75, 3.05) is 44.0 Å². The van der Waals surface area contributed by atoms with Crippen molar-refractivity contribution in [3.05, 3.63) is 12.7 Å². The molecule has 152 valence electrons. The second-order valence-electron chi connectivity index (χ2n) is 6.54. The predicted molar refractivity (Wildman–Crippen MR) is 101 cm³/mol. The summed E-state index contributed by atoms with van der Waals surface area (Å²) in [6.45, 7) is 1.86. The number of amides is 1. The zero-order valence-corrected chi connectivity index (χ0v) is 16.1. The summed E-state index contributed by atoms with van der Waals surface area (Å²) in [4.78, 5) is 26.4. The van der Waals surface area contributed by atoms with Crippen LogP contribution in [0.2, 0.25) is 0 Å². The number of aromatic nitrogens is 4. The van der Waals surface area contributed by atoms with E-state index < -0.39 is 30.6 Å². The Morgan fingerprint density at radius 3 is 2.93 bits per heavy atom. The molecule has 2 aliphatic rings. The minimum absolute atomic E-state index is 0.243. The Kier molecular flexibility index (Phi) is 5.53. The van der Waals surface area contributed by atoms with E-state index in [-0.39, 0.29) is 5.82 Å². The predicted octanol–water partition coefficient (Wildman–Crippen LogP) is -0.133. The minimum Gasteiger partial charge on any atom is -0.440 e. The van der Waals surface area contributed by atoms with Gasteiger partial charge >= 0.3 is 6.09 Å². The first-order chi connectivity index (χ1) is 13.6. The van der Waals surface area contributed by atoms with Gasteiger partial charge in [-0.3, -0.25) is 4.57 Å². The van der Waals surface area contributed by atoms with E-state index in [2.05, 4.69) is 15.0 Å². The molecule has 2 saturated heterocycles. The highest BCUT2D eigenvalue weighted by Gasteiger charge is 2.48. The van der Waals surface area contributed by atoms with E-state index in [9.17, 15) is 9.90 Å². The van der Waals surface area contributed by atoms with Crippen molar-refractivity contribution in [3.8, 4) is 0 Å². The highest BCUT2D eigenvalue weighted by Crippen LogP contribution is 2.35. The highest BCUT2D eigenvalue weighted by molar-refractivity contribution is 7.98. The molecule has 2 aromatic rings. The molecule has 4 atom stereocenters. The van der Waals surface area contributed by atoms with Gasteiger partial charge in [0.25, 0.3) is 0 Å². The summed E-state index contributed by atoms with van der Waals surface area (Å²) in [5, 5.41) is 10.9. The quantitative estimate of drug-likeness (QED) is 0.701. The van der Waals surface area contributed by atoms with Gasteiger partial charge in [-0.2, -0.15) is 11.8 Å². The number of rotatable bonds is 4. The molecule has 2 fully saturated rings. The first-order valence-electron chi connectivity index (χ1n) is 8.89. The van der Waals surface area contributed by atoms with Crippen molar-refractivity contribution < 1.29 is 24.1 Å². The van der Waals surface area contributed by atoms with Crippen LogP contribution in [-0.4, -0.2) is 92.2 Å². The molecule has 12 heteroatoms. The molecular weight excluding hydrogens is 388 g/mol. The summed E-state index contributed by atoms with van der Waals surface area (Å²) in [6, 6.07) is 0. The lowest BCUT2D eigenvalue weighted by molar-refractivity contribution is -0.0304. The first kappa shape index (κ1) is 19.2. The van der Waals surface area contributed by atoms with Crippen LogP contribution < -0.4 is 5.73 Å². The molecular formula is C16H22N6O5S. The largest absolute Gasteiger partial charge is 0.440 e. The Morgan fingerprint density at radius 2 is 2.18 bits per heavy atom. The smallest absolute Gasteiger partial charge is 0.410 e. The van der Waals surface area contributed by atoms with Gasteiger partial charge < -0.3 is 30.0 Å². The van der Waals surface area contributed by atoms with E-state index >= 15 is 0 Å². The molecule has 28 heavy (non-hydrogen) atoms. The summed E-state index contributed by atoms with van der Waals surface area (Å²) in [6.07, 6.45) is 1.07. The van der Waals surface area contributed by atoms with E-state index in [4.69, 9.17) is 19.9 Å². The number of hydrogen-bond donors (Lipinski definition) is 2. The maximum absolute atomic E-state index is 12.5. The van der Waals surface area contributed by atoms with E-state index in [1.54, 1.807) is 21.2 Å². The fourth-order valence-electron chi connectivity index (χ4n) is 3.39. The van der Waals surface area contributed by atoms with E-state index in [0.717, 1.165) is 0 Å². The van der Waals surface area contributed by atoms with Crippen molar-refractivity contribution in [2.45, 2.75) is 24.5 Å². The van der Waals surface area contributed by atoms with Crippen LogP contribution in [0.3, 0.4) is 0 Å². The van der Waals surface area contributed by atoms with Crippen molar-refractivity contribution in [3.63, 3.8) is 0 Å². The Morgan fingerprint density at radius 1 is 1.39 bits per heavy atom. The van der Waals surface area contributed by atoms with E-state index in [1.165, 1.54) is 12.7 Å². The number of imidazole rings is 1. The SMILES string of the molecule is CSC[C@H]1O[C@@H](n2cnc3c(N)ncnc32)C(O)C1OC(=O)N1CCOCC1. The number of aliphatic hydroxyl groups is 1. The zero-order chi connectivity index (χ0) is 19.7. The van der Waals surface area contributed by atoms with Gasteiger partial charge in [-0.1, -0.05) is 0 Å². The maximum atomic E-state index is 12.5. The van der Waals surface area contributed by atoms with Crippen LogP contribution in [0.4, 0.5) is 10.6 Å². The normalized spacial score (nSPS) is 28.0. The standard InChI is InChI=1S/C16H22N6O5S/c1-28-6-9-12(27-16(24)21-2-4-25-5-3-21)11(23)15(26-9)22-8-20-10-13(17)18-7-19-14(10)22/h7-9,11-12,15,23H,2-6H2,1H3,(H2,17,18,19)/t9-,11?,12?,15-/m1/s1. The number of nitrogens with zero attached hydrogens (tertiary/aromatic N) is 5. The molecule has 0 saturated carbocycles. The molecule has 2 aliphatic heterocycles. The van der Waals surface area contributed by atoms with Crippen LogP contribution in [0.5, 0.6) is 0 Å². The van der Waals surface area contributed by atoms with Gasteiger partial charge in [-0.25, -0.2) is 19.7 Å². The lowest BCUT2D eigenvalue weighted by Crippen LogP contribution is -2.45. The Bertz CT molecular complexity index is 844. The summed E-state index contributed by atoms with van der Waals surface area (Å²) in [5.74, 6) is 0.797. The lowest BCUT2D eigenvalue weighted by atomic mass is 10.1. The van der Waals surface area contributed by atoms with E-state index in [0.29, 0.717) is 43.2 Å². The number of carbonyl (C=O) groups excluding carboxylic acids is 1. The molecule has 4 rings (SSSR count). The average molecular weight is 410 g/mol. The summed E-state index contributed by atoms with van der Waals surface area (Å²) < 4.78 is 18.5. The maximum Gasteiger partial charge on any atom is 0.410 e. The molecule has 4 heterocycles. The second-order valence-corrected chi connectivity index (χ2v) is 7.45. The Labute approximate surface area is 165 Å². The van der Waals surface area contributed by atoms with Crippen LogP contribution in [0.15, 0.2) is 12.7 Å². The van der Waals surface area contributed by atoms with Crippen LogP contribution in [0.1, 0.15) is 6.23 Å². The van der Waals surface area contributed by atoms with Gasteiger partial charge in [0.1, 0.15) is 24.1 Å². The third-order valence-corrected chi connectivity index (χ3v) is 5.47. The van der Waals surface area contributed by atoms with Gasteiger partial charge in [0.2, 0.25) is 0 Å². The first-order valence-corrected chi connectivity index (χ1v) is 10.3. The summed E-state index contributed by atoms with van der Waals surface area (Å²) in [7, 11) is 0. The Hall–Kier alpha value is -2.15. The number of thioether (sulfide) groups is 1. The average Bonchev–Trinajstić information content (AvgIpc) is 3.26. The van der Waals surface area contributed by atoms with Gasteiger partial charge in [0.15, 0.2) is 23.8 Å². The van der Waals surface area contributed by atoms with Crippen LogP contribution in [-0.2, 0) is 14.2 Å². The molecule has 2 aromatic heterocycles. The fraction of sp³-hybridized carbons (Fsp3) is 0.625. The number of anilines is 1. The topological polar surface area (TPSA) is 138 Å². The number of carbonyl (C=O) groups is 1. The number of fused-ring (bicyclic) bond motifs is 1. The number of nitrogens with two attached hydrogens (primary N) is 1. The minimum atomic E-state index is -1.09. The third-order valence-electron chi connectivity index (χ3n) is 4.81. The number of ether oxygens (including phenoxy) is 3. The van der Waals surface area contributed by atoms with Crippen molar-refractivity contribution in [1.82, 2.24) is 24.4 Å². The Balaban J connectivity index is 1.56. The number of aliphatic hydroxyl groups excluding tert-OH is 1. The molecule has 0 aliphatic carbocycles. The number of nitrogen functional groups attached to an aromatic ring is 1. The van der Waals surface area contributed by atoms with Crippen LogP contribution in [0.25, 0.3) is 11.2 Å². The lowest BCUT2D eigenvalue weighted by Gasteiger charge is -2.29. The molecule has 1 amide bonds. The molecule has 11 nitrogen and oxygen atoms in total. The third kappa shape index (κ3) is 3.48. The summed E-state index contributed by atoms with van der Waals surface area (Å²) >= 11 is 1.54. The fourth-order valence-corrected chi connectivity index (χ4v) is 3.98. The number of morpholine rings is 1. The van der Waals surface area contributed by atoms with Gasteiger partial charge in [0.05, 0.1) is 19.5 Å². The van der Waals surface area contributed by atoms with Gasteiger partial charge in [0, 0.05) is 18.8 Å². The summed E-state index contributed by atoms with van der Waals surface area (Å²) in [5.41, 5.74) is 6.70. The van der Waals surface area contributed by atoms with E-state index in [1.807, 2.05) is 6.26 Å². The highest BCUT2D eigenvalue weighted by atomic mass is 32.2. The molecule has 2 unspecified atom stereocenters. The molecule has 0 radical (unpaired) electrons. The van der Waals surface area contributed by atoms with Crippen molar-refractivity contribution in [2.24, 2.45) is 0 Å². The van der Waals surface area contributed by atoms with Gasteiger partial charge in [-0.05, 0) is 6.26 Å². The molecule has 0 spiro atoms. The monoisotopic (exact) mass is 410 g/mol. The van der Waals surface area contributed by atoms with Gasteiger partial charge in [-0.15, -0.1) is 0 Å². The number of hydrogen-bond acceptors (Lipinski definition) is 10. The van der Waals surface area contributed by atoms with Crippen molar-refractivity contribution in [1.29, 1.82) is 0 Å². The molecule has 0 bridgehead atoms. The second kappa shape index (κ2) is 8.07. The van der Waals surface area contributed by atoms with Crippen molar-refractivity contribution >= 4 is 34.8 Å². The van der Waals surface area contributed by atoms with Crippen LogP contribution in [0, 0.1) is 0 Å². The molecule has 0 aromatic carbocycles.